The molecule has 1 aromatic heterocycles. The van der Waals surface area contributed by atoms with Crippen molar-refractivity contribution in [1.82, 2.24) is 9.97 Å². The third-order valence-corrected chi connectivity index (χ3v) is 3.14. The summed E-state index contributed by atoms with van der Waals surface area (Å²) in [6.45, 7) is 1.80. The van der Waals surface area contributed by atoms with Crippen molar-refractivity contribution in [2.24, 2.45) is 0 Å². The fourth-order valence-electron chi connectivity index (χ4n) is 1.58. The van der Waals surface area contributed by atoms with Gasteiger partial charge in [-0.05, 0) is 35.0 Å². The van der Waals surface area contributed by atoms with Gasteiger partial charge in [0.05, 0.1) is 10.5 Å². The van der Waals surface area contributed by atoms with E-state index in [1.807, 2.05) is 0 Å². The maximum atomic E-state index is 13.7. The summed E-state index contributed by atoms with van der Waals surface area (Å²) in [6.07, 6.45) is 3.23. The van der Waals surface area contributed by atoms with Crippen LogP contribution in [-0.2, 0) is 0 Å². The average molecular weight is 331 g/mol. The van der Waals surface area contributed by atoms with E-state index in [-0.39, 0.29) is 11.9 Å². The van der Waals surface area contributed by atoms with Crippen molar-refractivity contribution in [1.29, 1.82) is 0 Å². The molecule has 1 heterocycles. The molecule has 1 atom stereocenters. The maximum absolute atomic E-state index is 13.7. The minimum Gasteiger partial charge on any atom is -0.348 e. The molecule has 18 heavy (non-hydrogen) atoms. The lowest BCUT2D eigenvalue weighted by Crippen LogP contribution is -2.11. The van der Waals surface area contributed by atoms with Gasteiger partial charge in [-0.1, -0.05) is 17.7 Å². The zero-order chi connectivity index (χ0) is 13.1. The lowest BCUT2D eigenvalue weighted by Gasteiger charge is -2.16. The first-order chi connectivity index (χ1) is 8.58. The van der Waals surface area contributed by atoms with E-state index in [4.69, 9.17) is 11.6 Å². The largest absolute Gasteiger partial charge is 0.348 e. The van der Waals surface area contributed by atoms with Gasteiger partial charge in [-0.3, -0.25) is 0 Å². The van der Waals surface area contributed by atoms with E-state index in [0.29, 0.717) is 16.5 Å². The number of anilines is 1. The van der Waals surface area contributed by atoms with E-state index in [1.165, 1.54) is 6.07 Å². The van der Waals surface area contributed by atoms with E-state index in [2.05, 4.69) is 31.2 Å². The van der Waals surface area contributed by atoms with Crippen molar-refractivity contribution in [3.63, 3.8) is 0 Å². The Balaban J connectivity index is 2.22. The molecule has 1 N–H and O–H groups in total. The van der Waals surface area contributed by atoms with Gasteiger partial charge in [-0.2, -0.15) is 0 Å². The molecule has 0 spiro atoms. The second kappa shape index (κ2) is 5.63. The molecule has 6 heteroatoms. The summed E-state index contributed by atoms with van der Waals surface area (Å²) in [5.41, 5.74) is 0.408. The van der Waals surface area contributed by atoms with Gasteiger partial charge < -0.3 is 5.32 Å². The standard InChI is InChI=1S/C12H10BrClFN3/c1-7(11-9(14)3-2-4-10(11)15)18-12-16-5-8(13)6-17-12/h2-7H,1H3,(H,16,17,18). The normalized spacial score (nSPS) is 12.2. The predicted molar refractivity (Wildman–Crippen MR) is 73.2 cm³/mol. The number of benzene rings is 1. The highest BCUT2D eigenvalue weighted by molar-refractivity contribution is 9.10. The van der Waals surface area contributed by atoms with Gasteiger partial charge in [0, 0.05) is 23.0 Å². The summed E-state index contributed by atoms with van der Waals surface area (Å²) >= 11 is 9.23. The lowest BCUT2D eigenvalue weighted by atomic mass is 10.1. The average Bonchev–Trinajstić information content (AvgIpc) is 2.32. The minimum atomic E-state index is -0.348. The summed E-state index contributed by atoms with van der Waals surface area (Å²) in [7, 11) is 0. The zero-order valence-electron chi connectivity index (χ0n) is 9.49. The number of rotatable bonds is 3. The van der Waals surface area contributed by atoms with Gasteiger partial charge in [-0.15, -0.1) is 0 Å². The fraction of sp³-hybridized carbons (Fsp3) is 0.167. The smallest absolute Gasteiger partial charge is 0.223 e. The summed E-state index contributed by atoms with van der Waals surface area (Å²) in [4.78, 5) is 8.14. The Morgan fingerprint density at radius 2 is 2.00 bits per heavy atom. The molecule has 0 aliphatic rings. The maximum Gasteiger partial charge on any atom is 0.223 e. The summed E-state index contributed by atoms with van der Waals surface area (Å²) in [6, 6.07) is 4.28. The van der Waals surface area contributed by atoms with E-state index in [0.717, 1.165) is 4.47 Å². The van der Waals surface area contributed by atoms with Crippen molar-refractivity contribution in [3.05, 3.63) is 51.5 Å². The van der Waals surface area contributed by atoms with Crippen LogP contribution in [0.25, 0.3) is 0 Å². The highest BCUT2D eigenvalue weighted by Crippen LogP contribution is 2.27. The molecule has 0 aliphatic heterocycles. The molecule has 0 saturated heterocycles. The SMILES string of the molecule is CC(Nc1ncc(Br)cn1)c1c(F)cccc1Cl. The molecule has 2 rings (SSSR count). The second-order valence-corrected chi connectivity index (χ2v) is 5.05. The number of nitrogens with zero attached hydrogens (tertiary/aromatic N) is 2. The lowest BCUT2D eigenvalue weighted by molar-refractivity contribution is 0.600. The van der Waals surface area contributed by atoms with Gasteiger partial charge in [0.2, 0.25) is 5.95 Å². The van der Waals surface area contributed by atoms with Gasteiger partial charge in [0.15, 0.2) is 0 Å². The molecule has 0 fully saturated rings. The van der Waals surface area contributed by atoms with Crippen LogP contribution in [0.2, 0.25) is 5.02 Å². The number of nitrogens with one attached hydrogen (secondary N) is 1. The quantitative estimate of drug-likeness (QED) is 0.916. The van der Waals surface area contributed by atoms with Crippen LogP contribution < -0.4 is 5.32 Å². The third-order valence-electron chi connectivity index (χ3n) is 2.40. The summed E-state index contributed by atoms with van der Waals surface area (Å²) < 4.78 is 14.5. The van der Waals surface area contributed by atoms with E-state index >= 15 is 0 Å². The van der Waals surface area contributed by atoms with Crippen LogP contribution in [-0.4, -0.2) is 9.97 Å². The second-order valence-electron chi connectivity index (χ2n) is 3.73. The Morgan fingerprint density at radius 1 is 1.33 bits per heavy atom. The van der Waals surface area contributed by atoms with Crippen molar-refractivity contribution < 1.29 is 4.39 Å². The van der Waals surface area contributed by atoms with Gasteiger partial charge in [-0.25, -0.2) is 14.4 Å². The first-order valence-corrected chi connectivity index (χ1v) is 6.43. The fourth-order valence-corrected chi connectivity index (χ4v) is 2.11. The van der Waals surface area contributed by atoms with Gasteiger partial charge in [0.1, 0.15) is 5.82 Å². The van der Waals surface area contributed by atoms with Crippen molar-refractivity contribution in [3.8, 4) is 0 Å². The molecular weight excluding hydrogens is 321 g/mol. The monoisotopic (exact) mass is 329 g/mol. The molecule has 3 nitrogen and oxygen atoms in total. The highest BCUT2D eigenvalue weighted by atomic mass is 79.9. The molecule has 0 bridgehead atoms. The molecule has 1 aromatic carbocycles. The molecule has 0 radical (unpaired) electrons. The molecule has 0 aliphatic carbocycles. The Morgan fingerprint density at radius 3 is 2.61 bits per heavy atom. The van der Waals surface area contributed by atoms with Gasteiger partial charge >= 0.3 is 0 Å². The van der Waals surface area contributed by atoms with Crippen molar-refractivity contribution in [2.45, 2.75) is 13.0 Å². The van der Waals surface area contributed by atoms with Gasteiger partial charge in [0.25, 0.3) is 0 Å². The Bertz CT molecular complexity index is 527. The molecule has 0 saturated carbocycles. The van der Waals surface area contributed by atoms with E-state index in [9.17, 15) is 4.39 Å². The Hall–Kier alpha value is -1.20. The Kier molecular flexibility index (Phi) is 4.14. The number of hydrogen-bond donors (Lipinski definition) is 1. The first-order valence-electron chi connectivity index (χ1n) is 5.26. The number of aromatic nitrogens is 2. The number of halogens is 3. The van der Waals surface area contributed by atoms with Crippen LogP contribution in [0.5, 0.6) is 0 Å². The van der Waals surface area contributed by atoms with Crippen LogP contribution in [0.1, 0.15) is 18.5 Å². The topological polar surface area (TPSA) is 37.8 Å². The minimum absolute atomic E-state index is 0.320. The molecule has 0 amide bonds. The predicted octanol–water partition coefficient (Wildman–Crippen LogP) is 4.20. The molecule has 2 aromatic rings. The van der Waals surface area contributed by atoms with Crippen molar-refractivity contribution in [2.75, 3.05) is 5.32 Å². The molecule has 1 unspecified atom stereocenters. The van der Waals surface area contributed by atoms with Crippen LogP contribution in [0, 0.1) is 5.82 Å². The van der Waals surface area contributed by atoms with Crippen LogP contribution in [0.4, 0.5) is 10.3 Å². The van der Waals surface area contributed by atoms with Crippen LogP contribution in [0.15, 0.2) is 35.1 Å². The zero-order valence-corrected chi connectivity index (χ0v) is 11.8. The van der Waals surface area contributed by atoms with Crippen LogP contribution >= 0.6 is 27.5 Å². The van der Waals surface area contributed by atoms with Crippen molar-refractivity contribution >= 4 is 33.5 Å². The third kappa shape index (κ3) is 2.97. The first kappa shape index (κ1) is 13.2. The van der Waals surface area contributed by atoms with E-state index < -0.39 is 0 Å². The number of hydrogen-bond acceptors (Lipinski definition) is 3. The highest BCUT2D eigenvalue weighted by Gasteiger charge is 2.15. The summed E-state index contributed by atoms with van der Waals surface area (Å²) in [5, 5.41) is 3.38. The Labute approximate surface area is 118 Å². The van der Waals surface area contributed by atoms with Crippen LogP contribution in [0.3, 0.4) is 0 Å². The summed E-state index contributed by atoms with van der Waals surface area (Å²) in [5.74, 6) is 0.0737. The van der Waals surface area contributed by atoms with E-state index in [1.54, 1.807) is 31.5 Å². The molecular formula is C12H10BrClFN3. The molecule has 94 valence electrons.